The minimum Gasteiger partial charge on any atom is -0.497 e. The van der Waals surface area contributed by atoms with Crippen LogP contribution in [0.25, 0.3) is 0 Å². The lowest BCUT2D eigenvalue weighted by molar-refractivity contribution is 0.00940. The van der Waals surface area contributed by atoms with E-state index in [0.717, 1.165) is 5.75 Å². The Balaban J connectivity index is 2.14. The van der Waals surface area contributed by atoms with E-state index in [4.69, 9.17) is 9.47 Å². The Labute approximate surface area is 122 Å². The van der Waals surface area contributed by atoms with Gasteiger partial charge < -0.3 is 14.8 Å². The van der Waals surface area contributed by atoms with E-state index < -0.39 is 0 Å². The van der Waals surface area contributed by atoms with Gasteiger partial charge in [-0.15, -0.1) is 0 Å². The topological polar surface area (TPSA) is 30.5 Å². The van der Waals surface area contributed by atoms with Crippen molar-refractivity contribution in [3.63, 3.8) is 0 Å². The molecule has 2 unspecified atom stereocenters. The molecule has 2 rings (SSSR count). The van der Waals surface area contributed by atoms with Gasteiger partial charge in [-0.2, -0.15) is 0 Å². The largest absolute Gasteiger partial charge is 0.497 e. The molecule has 1 aliphatic rings. The van der Waals surface area contributed by atoms with Crippen molar-refractivity contribution < 1.29 is 9.47 Å². The van der Waals surface area contributed by atoms with E-state index in [9.17, 15) is 0 Å². The van der Waals surface area contributed by atoms with Crippen LogP contribution < -0.4 is 10.1 Å². The smallest absolute Gasteiger partial charge is 0.118 e. The molecule has 1 N–H and O–H groups in total. The van der Waals surface area contributed by atoms with Crippen molar-refractivity contribution in [2.24, 2.45) is 5.92 Å². The molecule has 3 heteroatoms. The first-order chi connectivity index (χ1) is 9.80. The van der Waals surface area contributed by atoms with Gasteiger partial charge in [-0.1, -0.05) is 31.4 Å². The van der Waals surface area contributed by atoms with Crippen molar-refractivity contribution in [3.8, 4) is 5.75 Å². The molecule has 0 spiro atoms. The lowest BCUT2D eigenvalue weighted by atomic mass is 9.81. The highest BCUT2D eigenvalue weighted by molar-refractivity contribution is 5.29. The molecule has 20 heavy (non-hydrogen) atoms. The number of rotatable bonds is 6. The maximum atomic E-state index is 5.86. The predicted octanol–water partition coefficient (Wildman–Crippen LogP) is 3.55. The maximum Gasteiger partial charge on any atom is 0.118 e. The Morgan fingerprint density at radius 1 is 1.05 bits per heavy atom. The Hall–Kier alpha value is -1.06. The Morgan fingerprint density at radius 2 is 1.70 bits per heavy atom. The minimum absolute atomic E-state index is 0.244. The second-order valence-corrected chi connectivity index (χ2v) is 5.64. The minimum atomic E-state index is 0.244. The van der Waals surface area contributed by atoms with Crippen molar-refractivity contribution in [2.75, 3.05) is 21.3 Å². The third-order valence-corrected chi connectivity index (χ3v) is 4.50. The zero-order chi connectivity index (χ0) is 14.4. The van der Waals surface area contributed by atoms with Crippen LogP contribution in [0.15, 0.2) is 24.3 Å². The summed E-state index contributed by atoms with van der Waals surface area (Å²) >= 11 is 0. The molecular formula is C17H27NO2. The molecule has 0 amide bonds. The third-order valence-electron chi connectivity index (χ3n) is 4.50. The van der Waals surface area contributed by atoms with Crippen molar-refractivity contribution in [3.05, 3.63) is 29.8 Å². The SMILES string of the molecule is CNC(c1ccc(OC)cc1)C(OC)C1CCCCC1. The van der Waals surface area contributed by atoms with E-state index in [1.165, 1.54) is 37.7 Å². The van der Waals surface area contributed by atoms with Crippen LogP contribution in [0.5, 0.6) is 5.75 Å². The summed E-state index contributed by atoms with van der Waals surface area (Å²) in [7, 11) is 5.56. The second-order valence-electron chi connectivity index (χ2n) is 5.64. The normalized spacial score (nSPS) is 19.6. The molecule has 0 aromatic heterocycles. The maximum absolute atomic E-state index is 5.86. The predicted molar refractivity (Wildman–Crippen MR) is 82.2 cm³/mol. The number of likely N-dealkylation sites (N-methyl/N-ethyl adjacent to an activating group) is 1. The quantitative estimate of drug-likeness (QED) is 0.862. The van der Waals surface area contributed by atoms with Crippen LogP contribution >= 0.6 is 0 Å². The van der Waals surface area contributed by atoms with Gasteiger partial charge in [0.2, 0.25) is 0 Å². The fraction of sp³-hybridized carbons (Fsp3) is 0.647. The van der Waals surface area contributed by atoms with Crippen LogP contribution in [0.2, 0.25) is 0 Å². The molecular weight excluding hydrogens is 250 g/mol. The molecule has 0 bridgehead atoms. The molecule has 0 radical (unpaired) electrons. The Bertz CT molecular complexity index is 384. The zero-order valence-electron chi connectivity index (χ0n) is 12.9. The van der Waals surface area contributed by atoms with Gasteiger partial charge in [0.1, 0.15) is 5.75 Å². The van der Waals surface area contributed by atoms with Gasteiger partial charge in [-0.25, -0.2) is 0 Å². The van der Waals surface area contributed by atoms with Gasteiger partial charge in [-0.05, 0) is 43.5 Å². The van der Waals surface area contributed by atoms with Crippen molar-refractivity contribution in [2.45, 2.75) is 44.2 Å². The fourth-order valence-corrected chi connectivity index (χ4v) is 3.40. The molecule has 3 nitrogen and oxygen atoms in total. The zero-order valence-corrected chi connectivity index (χ0v) is 12.9. The summed E-state index contributed by atoms with van der Waals surface area (Å²) in [5.41, 5.74) is 1.27. The van der Waals surface area contributed by atoms with E-state index in [-0.39, 0.29) is 12.1 Å². The number of methoxy groups -OCH3 is 2. The van der Waals surface area contributed by atoms with E-state index in [1.54, 1.807) is 7.11 Å². The second kappa shape index (κ2) is 7.65. The van der Waals surface area contributed by atoms with Crippen LogP contribution in [0.3, 0.4) is 0 Å². The monoisotopic (exact) mass is 277 g/mol. The first kappa shape index (κ1) is 15.3. The average molecular weight is 277 g/mol. The molecule has 1 aromatic rings. The standard InChI is InChI=1S/C17H27NO2/c1-18-16(13-9-11-15(19-2)12-10-13)17(20-3)14-7-5-4-6-8-14/h9-12,14,16-18H,4-8H2,1-3H3. The molecule has 0 aliphatic heterocycles. The molecule has 0 saturated heterocycles. The summed E-state index contributed by atoms with van der Waals surface area (Å²) in [6.45, 7) is 0. The summed E-state index contributed by atoms with van der Waals surface area (Å²) in [6, 6.07) is 8.55. The molecule has 1 aliphatic carbocycles. The summed E-state index contributed by atoms with van der Waals surface area (Å²) in [4.78, 5) is 0. The molecule has 2 atom stereocenters. The van der Waals surface area contributed by atoms with E-state index >= 15 is 0 Å². The highest BCUT2D eigenvalue weighted by atomic mass is 16.5. The Kier molecular flexibility index (Phi) is 5.86. The van der Waals surface area contributed by atoms with Gasteiger partial charge >= 0.3 is 0 Å². The average Bonchev–Trinajstić information content (AvgIpc) is 2.53. The number of hydrogen-bond donors (Lipinski definition) is 1. The van der Waals surface area contributed by atoms with Gasteiger partial charge in [0, 0.05) is 7.11 Å². The number of benzene rings is 1. The van der Waals surface area contributed by atoms with Crippen molar-refractivity contribution in [1.82, 2.24) is 5.32 Å². The van der Waals surface area contributed by atoms with Crippen molar-refractivity contribution >= 4 is 0 Å². The van der Waals surface area contributed by atoms with Gasteiger partial charge in [0.25, 0.3) is 0 Å². The van der Waals surface area contributed by atoms with Crippen LogP contribution in [0, 0.1) is 5.92 Å². The first-order valence-corrected chi connectivity index (χ1v) is 7.64. The third kappa shape index (κ3) is 3.53. The van der Waals surface area contributed by atoms with E-state index in [0.29, 0.717) is 5.92 Å². The van der Waals surface area contributed by atoms with Gasteiger partial charge in [0.05, 0.1) is 19.3 Å². The molecule has 0 heterocycles. The van der Waals surface area contributed by atoms with Crippen LogP contribution in [-0.2, 0) is 4.74 Å². The highest BCUT2D eigenvalue weighted by Crippen LogP contribution is 2.34. The summed E-state index contributed by atoms with van der Waals surface area (Å²) in [5, 5.41) is 3.44. The molecule has 1 aromatic carbocycles. The number of hydrogen-bond acceptors (Lipinski definition) is 3. The van der Waals surface area contributed by atoms with Crippen LogP contribution in [-0.4, -0.2) is 27.4 Å². The summed E-state index contributed by atoms with van der Waals surface area (Å²) < 4.78 is 11.1. The highest BCUT2D eigenvalue weighted by Gasteiger charge is 2.30. The van der Waals surface area contributed by atoms with Crippen molar-refractivity contribution in [1.29, 1.82) is 0 Å². The van der Waals surface area contributed by atoms with E-state index in [2.05, 4.69) is 17.4 Å². The van der Waals surface area contributed by atoms with Gasteiger partial charge in [-0.3, -0.25) is 0 Å². The summed E-state index contributed by atoms with van der Waals surface area (Å²) in [5.74, 6) is 1.56. The van der Waals surface area contributed by atoms with Crippen LogP contribution in [0.1, 0.15) is 43.7 Å². The molecule has 1 saturated carbocycles. The molecule has 112 valence electrons. The number of ether oxygens (including phenoxy) is 2. The lowest BCUT2D eigenvalue weighted by Gasteiger charge is -2.35. The summed E-state index contributed by atoms with van der Waals surface area (Å²) in [6.07, 6.45) is 6.86. The first-order valence-electron chi connectivity index (χ1n) is 7.64. The van der Waals surface area contributed by atoms with Crippen LogP contribution in [0.4, 0.5) is 0 Å². The fourth-order valence-electron chi connectivity index (χ4n) is 3.40. The van der Waals surface area contributed by atoms with Gasteiger partial charge in [0.15, 0.2) is 0 Å². The Morgan fingerprint density at radius 3 is 2.20 bits per heavy atom. The van der Waals surface area contributed by atoms with E-state index in [1.807, 2.05) is 26.3 Å². The number of nitrogens with one attached hydrogen (secondary N) is 1. The lowest BCUT2D eigenvalue weighted by Crippen LogP contribution is -2.37. The molecule has 1 fully saturated rings.